The molecular formula is C8H8F3N3O2. The molecule has 1 heterocycles. The Hall–Kier alpha value is -1.60. The second-order valence-electron chi connectivity index (χ2n) is 3.50. The van der Waals surface area contributed by atoms with Crippen LogP contribution < -0.4 is 5.32 Å². The zero-order valence-electron chi connectivity index (χ0n) is 8.04. The summed E-state index contributed by atoms with van der Waals surface area (Å²) in [5.41, 5.74) is 0. The first-order chi connectivity index (χ1) is 7.47. The largest absolute Gasteiger partial charge is 0.455 e. The Balaban J connectivity index is 1.90. The van der Waals surface area contributed by atoms with Crippen LogP contribution >= 0.6 is 0 Å². The highest BCUT2D eigenvalue weighted by atomic mass is 19.4. The molecular weight excluding hydrogens is 227 g/mol. The highest BCUT2D eigenvalue weighted by Gasteiger charge is 2.37. The van der Waals surface area contributed by atoms with Gasteiger partial charge in [-0.05, 0) is 12.8 Å². The van der Waals surface area contributed by atoms with Gasteiger partial charge in [-0.3, -0.25) is 4.79 Å². The second-order valence-corrected chi connectivity index (χ2v) is 3.50. The molecule has 0 aromatic carbocycles. The summed E-state index contributed by atoms with van der Waals surface area (Å²) in [6.45, 7) is -0.168. The Morgan fingerprint density at radius 1 is 1.50 bits per heavy atom. The van der Waals surface area contributed by atoms with Crippen LogP contribution in [0.1, 0.15) is 24.6 Å². The maximum Gasteiger partial charge on any atom is 0.455 e. The Morgan fingerprint density at radius 3 is 2.69 bits per heavy atom. The fourth-order valence-corrected chi connectivity index (χ4v) is 1.09. The molecule has 1 N–H and O–H groups in total. The molecule has 0 atom stereocenters. The molecule has 8 heteroatoms. The Labute approximate surface area is 88.0 Å². The van der Waals surface area contributed by atoms with E-state index >= 15 is 0 Å². The predicted molar refractivity (Wildman–Crippen MR) is 43.9 cm³/mol. The van der Waals surface area contributed by atoms with Gasteiger partial charge < -0.3 is 9.84 Å². The number of rotatable bonds is 3. The third kappa shape index (κ3) is 2.50. The van der Waals surface area contributed by atoms with Gasteiger partial charge in [0.2, 0.25) is 11.8 Å². The molecule has 2 rings (SSSR count). The molecule has 0 bridgehead atoms. The summed E-state index contributed by atoms with van der Waals surface area (Å²) in [7, 11) is 0. The van der Waals surface area contributed by atoms with Crippen molar-refractivity contribution in [3.05, 3.63) is 11.7 Å². The smallest absolute Gasteiger partial charge is 0.347 e. The minimum Gasteiger partial charge on any atom is -0.347 e. The number of amides is 1. The van der Waals surface area contributed by atoms with Crippen LogP contribution in [-0.4, -0.2) is 16.0 Å². The summed E-state index contributed by atoms with van der Waals surface area (Å²) in [6, 6.07) is 0. The molecule has 5 nitrogen and oxygen atoms in total. The fraction of sp³-hybridized carbons (Fsp3) is 0.625. The lowest BCUT2D eigenvalue weighted by molar-refractivity contribution is -0.146. The second kappa shape index (κ2) is 3.76. The van der Waals surface area contributed by atoms with Crippen molar-refractivity contribution >= 4 is 5.91 Å². The van der Waals surface area contributed by atoms with Gasteiger partial charge in [-0.2, -0.15) is 18.2 Å². The molecule has 0 spiro atoms. The van der Waals surface area contributed by atoms with Crippen molar-refractivity contribution in [3.63, 3.8) is 0 Å². The normalized spacial score (nSPS) is 16.2. The van der Waals surface area contributed by atoms with Gasteiger partial charge in [-0.1, -0.05) is 5.16 Å². The highest BCUT2D eigenvalue weighted by Crippen LogP contribution is 2.29. The molecule has 1 aromatic heterocycles. The fourth-order valence-electron chi connectivity index (χ4n) is 1.09. The first kappa shape index (κ1) is 10.9. The van der Waals surface area contributed by atoms with E-state index in [1.54, 1.807) is 0 Å². The van der Waals surface area contributed by atoms with E-state index in [0.29, 0.717) is 0 Å². The van der Waals surface area contributed by atoms with Gasteiger partial charge in [-0.15, -0.1) is 0 Å². The summed E-state index contributed by atoms with van der Waals surface area (Å²) in [6.07, 6.45) is -2.98. The zero-order chi connectivity index (χ0) is 11.8. The van der Waals surface area contributed by atoms with E-state index in [-0.39, 0.29) is 24.3 Å². The summed E-state index contributed by atoms with van der Waals surface area (Å²) < 4.78 is 40.5. The Morgan fingerprint density at radius 2 is 2.19 bits per heavy atom. The molecule has 16 heavy (non-hydrogen) atoms. The minimum absolute atomic E-state index is 0.00925. The standard InChI is InChI=1S/C8H8F3N3O2/c9-8(10,11)7-13-5(16-14-7)3-12-6(15)4-1-2-4/h4H,1-3H2,(H,12,15). The molecule has 1 saturated carbocycles. The van der Waals surface area contributed by atoms with Crippen LogP contribution in [0.5, 0.6) is 0 Å². The minimum atomic E-state index is -4.62. The van der Waals surface area contributed by atoms with Crippen LogP contribution in [0.25, 0.3) is 0 Å². The lowest BCUT2D eigenvalue weighted by atomic mass is 10.4. The van der Waals surface area contributed by atoms with Crippen molar-refractivity contribution in [2.75, 3.05) is 0 Å². The van der Waals surface area contributed by atoms with E-state index in [4.69, 9.17) is 0 Å². The Kier molecular flexibility index (Phi) is 2.56. The molecule has 88 valence electrons. The number of hydrogen-bond acceptors (Lipinski definition) is 4. The van der Waals surface area contributed by atoms with E-state index in [2.05, 4.69) is 20.0 Å². The van der Waals surface area contributed by atoms with E-state index in [9.17, 15) is 18.0 Å². The van der Waals surface area contributed by atoms with Crippen molar-refractivity contribution < 1.29 is 22.5 Å². The van der Waals surface area contributed by atoms with Crippen molar-refractivity contribution in [2.24, 2.45) is 5.92 Å². The van der Waals surface area contributed by atoms with Gasteiger partial charge in [0.25, 0.3) is 5.82 Å². The van der Waals surface area contributed by atoms with E-state index in [0.717, 1.165) is 12.8 Å². The number of hydrogen-bond donors (Lipinski definition) is 1. The molecule has 0 aliphatic heterocycles. The van der Waals surface area contributed by atoms with Gasteiger partial charge in [0.1, 0.15) is 0 Å². The van der Waals surface area contributed by atoms with Gasteiger partial charge in [0, 0.05) is 5.92 Å². The topological polar surface area (TPSA) is 68.0 Å². The van der Waals surface area contributed by atoms with E-state index < -0.39 is 12.0 Å². The van der Waals surface area contributed by atoms with Crippen LogP contribution in [0.15, 0.2) is 4.52 Å². The first-order valence-corrected chi connectivity index (χ1v) is 4.64. The average molecular weight is 235 g/mol. The third-order valence-corrected chi connectivity index (χ3v) is 2.08. The van der Waals surface area contributed by atoms with Gasteiger partial charge in [0.15, 0.2) is 0 Å². The summed E-state index contributed by atoms with van der Waals surface area (Å²) in [5.74, 6) is -1.78. The van der Waals surface area contributed by atoms with Crippen LogP contribution in [0, 0.1) is 5.92 Å². The predicted octanol–water partition coefficient (Wildman–Crippen LogP) is 1.11. The van der Waals surface area contributed by atoms with Crippen LogP contribution in [0.3, 0.4) is 0 Å². The Bertz CT molecular complexity index is 397. The summed E-state index contributed by atoms with van der Waals surface area (Å²) in [4.78, 5) is 14.3. The number of halogens is 3. The number of alkyl halides is 3. The van der Waals surface area contributed by atoms with Gasteiger partial charge >= 0.3 is 6.18 Å². The molecule has 1 fully saturated rings. The summed E-state index contributed by atoms with van der Waals surface area (Å²) in [5, 5.41) is 5.19. The maximum absolute atomic E-state index is 12.1. The highest BCUT2D eigenvalue weighted by molar-refractivity contribution is 5.80. The molecule has 1 aliphatic rings. The first-order valence-electron chi connectivity index (χ1n) is 4.64. The third-order valence-electron chi connectivity index (χ3n) is 2.08. The summed E-state index contributed by atoms with van der Waals surface area (Å²) >= 11 is 0. The van der Waals surface area contributed by atoms with E-state index in [1.807, 2.05) is 0 Å². The van der Waals surface area contributed by atoms with Crippen molar-refractivity contribution in [1.29, 1.82) is 0 Å². The molecule has 0 saturated heterocycles. The number of carbonyl (C=O) groups excluding carboxylic acids is 1. The molecule has 0 radical (unpaired) electrons. The number of aromatic nitrogens is 2. The van der Waals surface area contributed by atoms with Crippen molar-refractivity contribution in [3.8, 4) is 0 Å². The molecule has 1 amide bonds. The van der Waals surface area contributed by atoms with Gasteiger partial charge in [0.05, 0.1) is 6.54 Å². The number of nitrogens with zero attached hydrogens (tertiary/aromatic N) is 2. The van der Waals surface area contributed by atoms with E-state index in [1.165, 1.54) is 0 Å². The van der Waals surface area contributed by atoms with Crippen LogP contribution in [0.2, 0.25) is 0 Å². The van der Waals surface area contributed by atoms with Crippen molar-refractivity contribution in [1.82, 2.24) is 15.5 Å². The number of carbonyl (C=O) groups is 1. The van der Waals surface area contributed by atoms with Crippen LogP contribution in [0.4, 0.5) is 13.2 Å². The lowest BCUT2D eigenvalue weighted by Gasteiger charge is -1.98. The molecule has 1 aromatic rings. The molecule has 0 unspecified atom stereocenters. The maximum atomic E-state index is 12.1. The average Bonchev–Trinajstić information content (AvgIpc) is 2.92. The lowest BCUT2D eigenvalue weighted by Crippen LogP contribution is -2.24. The van der Waals surface area contributed by atoms with Gasteiger partial charge in [-0.25, -0.2) is 0 Å². The SMILES string of the molecule is O=C(NCc1nc(C(F)(F)F)no1)C1CC1. The van der Waals surface area contributed by atoms with Crippen LogP contribution in [-0.2, 0) is 17.5 Å². The quantitative estimate of drug-likeness (QED) is 0.852. The monoisotopic (exact) mass is 235 g/mol. The zero-order valence-corrected chi connectivity index (χ0v) is 8.04. The molecule has 1 aliphatic carbocycles. The van der Waals surface area contributed by atoms with Crippen molar-refractivity contribution in [2.45, 2.75) is 25.6 Å². The number of nitrogens with one attached hydrogen (secondary N) is 1.